The van der Waals surface area contributed by atoms with Crippen LogP contribution < -0.4 is 0 Å². The van der Waals surface area contributed by atoms with Crippen LogP contribution in [0.1, 0.15) is 34.6 Å². The van der Waals surface area contributed by atoms with E-state index in [2.05, 4.69) is 8.37 Å². The number of alkyl halides is 4. The van der Waals surface area contributed by atoms with E-state index in [-0.39, 0.29) is 0 Å². The molecular weight excluding hydrogens is 368 g/mol. The molecule has 0 aliphatic heterocycles. The molecule has 0 heterocycles. The summed E-state index contributed by atoms with van der Waals surface area (Å²) in [5, 5.41) is -8.44. The SMILES string of the molecule is CC(COS(=O)(=O)C(F)(F)C(C)C)OS(=O)(=O)C(F)(F)C(C)C. The molecule has 23 heavy (non-hydrogen) atoms. The van der Waals surface area contributed by atoms with Crippen molar-refractivity contribution >= 4 is 20.2 Å². The van der Waals surface area contributed by atoms with Crippen LogP contribution in [0.15, 0.2) is 0 Å². The predicted octanol–water partition coefficient (Wildman–Crippen LogP) is 2.57. The van der Waals surface area contributed by atoms with Gasteiger partial charge in [-0.25, -0.2) is 0 Å². The maximum absolute atomic E-state index is 13.5. The molecule has 0 aromatic carbocycles. The van der Waals surface area contributed by atoms with Gasteiger partial charge >= 0.3 is 30.7 Å². The van der Waals surface area contributed by atoms with Crippen molar-refractivity contribution in [1.29, 1.82) is 0 Å². The van der Waals surface area contributed by atoms with Gasteiger partial charge < -0.3 is 0 Å². The minimum atomic E-state index is -5.37. The van der Waals surface area contributed by atoms with E-state index in [0.29, 0.717) is 0 Å². The normalized spacial score (nSPS) is 16.1. The zero-order valence-electron chi connectivity index (χ0n) is 13.2. The minimum Gasteiger partial charge on any atom is -0.263 e. The van der Waals surface area contributed by atoms with Crippen molar-refractivity contribution < 1.29 is 42.8 Å². The Hall–Kier alpha value is -0.460. The molecule has 0 fully saturated rings. The van der Waals surface area contributed by atoms with Crippen LogP contribution in [0.2, 0.25) is 0 Å². The Morgan fingerprint density at radius 3 is 1.48 bits per heavy atom. The lowest BCUT2D eigenvalue weighted by Gasteiger charge is -2.23. The van der Waals surface area contributed by atoms with Gasteiger partial charge in [-0.3, -0.25) is 8.37 Å². The van der Waals surface area contributed by atoms with Gasteiger partial charge in [0.25, 0.3) is 0 Å². The largest absolute Gasteiger partial charge is 0.372 e. The molecule has 0 bridgehead atoms. The molecule has 6 nitrogen and oxygen atoms in total. The number of hydrogen-bond acceptors (Lipinski definition) is 6. The first-order valence-corrected chi connectivity index (χ1v) is 9.38. The third kappa shape index (κ3) is 5.00. The zero-order chi connectivity index (χ0) is 18.9. The van der Waals surface area contributed by atoms with Crippen LogP contribution in [0.4, 0.5) is 17.6 Å². The number of halogens is 4. The third-order valence-electron chi connectivity index (χ3n) is 2.76. The van der Waals surface area contributed by atoms with Crippen molar-refractivity contribution in [1.82, 2.24) is 0 Å². The molecule has 0 saturated heterocycles. The predicted molar refractivity (Wildman–Crippen MR) is 73.9 cm³/mol. The Kier molecular flexibility index (Phi) is 7.05. The summed E-state index contributed by atoms with van der Waals surface area (Å²) in [5.41, 5.74) is 0. The molecule has 12 heteroatoms. The molecule has 0 spiro atoms. The first-order valence-electron chi connectivity index (χ1n) is 6.56. The van der Waals surface area contributed by atoms with Crippen LogP contribution in [0.5, 0.6) is 0 Å². The van der Waals surface area contributed by atoms with E-state index < -0.39 is 55.3 Å². The summed E-state index contributed by atoms with van der Waals surface area (Å²) in [7, 11) is -10.7. The van der Waals surface area contributed by atoms with E-state index in [1.54, 1.807) is 0 Å². The Morgan fingerprint density at radius 1 is 0.783 bits per heavy atom. The van der Waals surface area contributed by atoms with E-state index in [1.807, 2.05) is 0 Å². The van der Waals surface area contributed by atoms with E-state index in [0.717, 1.165) is 34.6 Å². The summed E-state index contributed by atoms with van der Waals surface area (Å²) < 4.78 is 107. The molecule has 1 atom stereocenters. The number of hydrogen-bond donors (Lipinski definition) is 0. The van der Waals surface area contributed by atoms with Gasteiger partial charge in [0.2, 0.25) is 0 Å². The minimum absolute atomic E-state index is 0.900. The van der Waals surface area contributed by atoms with Gasteiger partial charge in [-0.15, -0.1) is 0 Å². The van der Waals surface area contributed by atoms with Gasteiger partial charge in [0.05, 0.1) is 12.7 Å². The fourth-order valence-corrected chi connectivity index (χ4v) is 3.45. The van der Waals surface area contributed by atoms with Crippen LogP contribution in [-0.4, -0.2) is 40.1 Å². The van der Waals surface area contributed by atoms with Gasteiger partial charge in [-0.2, -0.15) is 34.4 Å². The molecule has 0 amide bonds. The molecule has 0 aromatic rings. The van der Waals surface area contributed by atoms with Crippen LogP contribution in [0, 0.1) is 11.8 Å². The fraction of sp³-hybridized carbons (Fsp3) is 1.00. The van der Waals surface area contributed by atoms with E-state index >= 15 is 0 Å². The lowest BCUT2D eigenvalue weighted by molar-refractivity contribution is 0.0126. The van der Waals surface area contributed by atoms with Gasteiger partial charge in [0.1, 0.15) is 0 Å². The topological polar surface area (TPSA) is 86.7 Å². The summed E-state index contributed by atoms with van der Waals surface area (Å²) in [6.45, 7) is 3.50. The summed E-state index contributed by atoms with van der Waals surface area (Å²) in [4.78, 5) is 0. The zero-order valence-corrected chi connectivity index (χ0v) is 14.8. The Bertz CT molecular complexity index is 598. The van der Waals surface area contributed by atoms with E-state index in [9.17, 15) is 34.4 Å². The molecule has 0 radical (unpaired) electrons. The highest BCUT2D eigenvalue weighted by Crippen LogP contribution is 2.33. The second-order valence-corrected chi connectivity index (χ2v) is 8.87. The second kappa shape index (κ2) is 7.19. The molecular formula is C11H20F4O6S2. The summed E-state index contributed by atoms with van der Waals surface area (Å²) >= 11 is 0. The van der Waals surface area contributed by atoms with Crippen molar-refractivity contribution in [2.45, 2.75) is 51.2 Å². The quantitative estimate of drug-likeness (QED) is 0.446. The number of rotatable bonds is 9. The lowest BCUT2D eigenvalue weighted by atomic mass is 10.2. The highest BCUT2D eigenvalue weighted by Gasteiger charge is 2.51. The van der Waals surface area contributed by atoms with Crippen molar-refractivity contribution in [3.8, 4) is 0 Å². The molecule has 0 N–H and O–H groups in total. The van der Waals surface area contributed by atoms with Crippen LogP contribution in [0.3, 0.4) is 0 Å². The Balaban J connectivity index is 4.99. The van der Waals surface area contributed by atoms with E-state index in [4.69, 9.17) is 0 Å². The standard InChI is InChI=1S/C11H20F4O6S2/c1-7(2)10(12,13)22(16,17)20-6-9(5)21-23(18,19)11(14,15)8(3)4/h7-9H,6H2,1-5H3. The highest BCUT2D eigenvalue weighted by molar-refractivity contribution is 7.88. The first kappa shape index (κ1) is 22.5. The van der Waals surface area contributed by atoms with E-state index in [1.165, 1.54) is 0 Å². The first-order chi connectivity index (χ1) is 9.99. The van der Waals surface area contributed by atoms with Crippen LogP contribution in [-0.2, 0) is 28.6 Å². The maximum Gasteiger partial charge on any atom is 0.372 e. The molecule has 0 saturated carbocycles. The fourth-order valence-electron chi connectivity index (χ4n) is 1.15. The molecule has 0 aliphatic carbocycles. The van der Waals surface area contributed by atoms with Gasteiger partial charge in [-0.05, 0) is 6.92 Å². The smallest absolute Gasteiger partial charge is 0.263 e. The Labute approximate surface area is 133 Å². The molecule has 1 unspecified atom stereocenters. The second-order valence-electron chi connectivity index (χ2n) is 5.53. The lowest BCUT2D eigenvalue weighted by Crippen LogP contribution is -2.40. The average molecular weight is 388 g/mol. The van der Waals surface area contributed by atoms with Crippen LogP contribution >= 0.6 is 0 Å². The third-order valence-corrected chi connectivity index (χ3v) is 6.06. The summed E-state index contributed by atoms with van der Waals surface area (Å²) in [5.74, 6) is -3.20. The molecule has 140 valence electrons. The van der Waals surface area contributed by atoms with Crippen molar-refractivity contribution in [3.05, 3.63) is 0 Å². The summed E-state index contributed by atoms with van der Waals surface area (Å²) in [6, 6.07) is 0. The maximum atomic E-state index is 13.5. The van der Waals surface area contributed by atoms with Crippen molar-refractivity contribution in [2.75, 3.05) is 6.61 Å². The highest BCUT2D eigenvalue weighted by atomic mass is 32.2. The van der Waals surface area contributed by atoms with Gasteiger partial charge in [0.15, 0.2) is 0 Å². The van der Waals surface area contributed by atoms with Gasteiger partial charge in [0, 0.05) is 11.8 Å². The Morgan fingerprint density at radius 2 is 1.13 bits per heavy atom. The molecule has 0 rings (SSSR count). The van der Waals surface area contributed by atoms with Crippen molar-refractivity contribution in [2.24, 2.45) is 11.8 Å². The molecule has 0 aromatic heterocycles. The molecule has 0 aliphatic rings. The monoisotopic (exact) mass is 388 g/mol. The average Bonchev–Trinajstić information content (AvgIpc) is 2.35. The van der Waals surface area contributed by atoms with Gasteiger partial charge in [-0.1, -0.05) is 27.7 Å². The summed E-state index contributed by atoms with van der Waals surface area (Å²) in [6.07, 6.45) is -1.71. The van der Waals surface area contributed by atoms with Crippen LogP contribution in [0.25, 0.3) is 0 Å². The van der Waals surface area contributed by atoms with Crippen molar-refractivity contribution in [3.63, 3.8) is 0 Å².